The molecule has 0 saturated carbocycles. The molecule has 0 aliphatic heterocycles. The number of hydrogen-bond donors (Lipinski definition) is 0. The minimum atomic E-state index is -0.547. The molecule has 2 aromatic rings. The van der Waals surface area contributed by atoms with E-state index in [1.54, 1.807) is 0 Å². The molecule has 0 spiro atoms. The van der Waals surface area contributed by atoms with Crippen LogP contribution in [0.15, 0.2) is 53.6 Å². The van der Waals surface area contributed by atoms with Gasteiger partial charge in [-0.3, -0.25) is 14.9 Å². The minimum absolute atomic E-state index is 0.106. The lowest BCUT2D eigenvalue weighted by Gasteiger charge is -2.03. The van der Waals surface area contributed by atoms with Crippen LogP contribution in [0.4, 0.5) is 17.1 Å². The molecule has 0 bridgehead atoms. The summed E-state index contributed by atoms with van der Waals surface area (Å²) in [6.45, 7) is 1.88. The first-order chi connectivity index (χ1) is 11.5. The van der Waals surface area contributed by atoms with Gasteiger partial charge in [0.2, 0.25) is 5.69 Å². The Morgan fingerprint density at radius 2 is 1.62 bits per heavy atom. The van der Waals surface area contributed by atoms with Gasteiger partial charge in [0.15, 0.2) is 0 Å². The molecule has 24 heavy (non-hydrogen) atoms. The molecule has 2 aromatic carbocycles. The highest BCUT2D eigenvalue weighted by molar-refractivity contribution is 5.72. The van der Waals surface area contributed by atoms with Crippen molar-refractivity contribution in [3.63, 3.8) is 0 Å². The molecule has 0 unspecified atom stereocenters. The fourth-order valence-corrected chi connectivity index (χ4v) is 1.83. The van der Waals surface area contributed by atoms with Crippen LogP contribution >= 0.6 is 0 Å². The van der Waals surface area contributed by atoms with Crippen molar-refractivity contribution in [1.82, 2.24) is 0 Å². The summed E-state index contributed by atoms with van der Waals surface area (Å²) < 4.78 is 5.10. The molecule has 0 N–H and O–H groups in total. The predicted molar refractivity (Wildman–Crippen MR) is 85.5 cm³/mol. The summed E-state index contributed by atoms with van der Waals surface area (Å²) in [5.74, 6) is 0.0544. The summed E-state index contributed by atoms with van der Waals surface area (Å²) in [5, 5.41) is 26.3. The number of azo groups is 1. The van der Waals surface area contributed by atoms with Crippen molar-refractivity contribution in [3.05, 3.63) is 63.9 Å². The zero-order valence-corrected chi connectivity index (χ0v) is 12.9. The first kappa shape index (κ1) is 17.1. The van der Waals surface area contributed by atoms with E-state index in [-0.39, 0.29) is 17.3 Å². The quantitative estimate of drug-likeness (QED) is 0.197. The Hall–Kier alpha value is -3.29. The zero-order chi connectivity index (χ0) is 17.5. The van der Waals surface area contributed by atoms with E-state index < -0.39 is 4.92 Å². The molecule has 124 valence electrons. The van der Waals surface area contributed by atoms with Crippen molar-refractivity contribution in [1.29, 1.82) is 0 Å². The highest BCUT2D eigenvalue weighted by Crippen LogP contribution is 2.22. The number of esters is 1. The van der Waals surface area contributed by atoms with Crippen molar-refractivity contribution in [2.24, 2.45) is 5.11 Å². The maximum atomic E-state index is 11.9. The van der Waals surface area contributed by atoms with E-state index in [0.29, 0.717) is 29.1 Å². The first-order valence-corrected chi connectivity index (χ1v) is 7.23. The van der Waals surface area contributed by atoms with Crippen LogP contribution in [0.2, 0.25) is 0 Å². The summed E-state index contributed by atoms with van der Waals surface area (Å²) >= 11 is 0. The van der Waals surface area contributed by atoms with E-state index in [9.17, 15) is 20.1 Å². The van der Waals surface area contributed by atoms with Gasteiger partial charge in [0, 0.05) is 35.8 Å². The Morgan fingerprint density at radius 3 is 2.17 bits per heavy atom. The largest absolute Gasteiger partial charge is 0.594 e. The topological polar surface area (TPSA) is 108 Å². The molecule has 0 heterocycles. The number of nitro benzene ring substituents is 1. The molecule has 0 aromatic heterocycles. The van der Waals surface area contributed by atoms with Crippen LogP contribution in [0.3, 0.4) is 0 Å². The number of ether oxygens (including phenoxy) is 1. The number of carbonyl (C=O) groups is 1. The number of rotatable bonds is 6. The lowest BCUT2D eigenvalue weighted by Crippen LogP contribution is -2.06. The smallest absolute Gasteiger partial charge is 0.311 e. The third-order valence-corrected chi connectivity index (χ3v) is 3.01. The minimum Gasteiger partial charge on any atom is -0.594 e. The van der Waals surface area contributed by atoms with Gasteiger partial charge in [-0.15, -0.1) is 0 Å². The number of non-ortho nitro benzene ring substituents is 1. The second-order valence-corrected chi connectivity index (χ2v) is 4.86. The molecule has 0 fully saturated rings. The molecule has 0 atom stereocenters. The highest BCUT2D eigenvalue weighted by atomic mass is 16.6. The van der Waals surface area contributed by atoms with Gasteiger partial charge < -0.3 is 9.94 Å². The molecule has 0 amide bonds. The predicted octanol–water partition coefficient (Wildman–Crippen LogP) is 4.23. The Morgan fingerprint density at radius 1 is 1.04 bits per heavy atom. The van der Waals surface area contributed by atoms with Crippen LogP contribution in [0, 0.1) is 15.3 Å². The molecule has 2 rings (SSSR count). The second-order valence-electron chi connectivity index (χ2n) is 4.86. The zero-order valence-electron chi connectivity index (χ0n) is 12.9. The normalized spacial score (nSPS) is 11.1. The van der Waals surface area contributed by atoms with Crippen molar-refractivity contribution in [2.45, 2.75) is 19.8 Å². The van der Waals surface area contributed by atoms with Crippen molar-refractivity contribution < 1.29 is 19.3 Å². The molecule has 8 heteroatoms. The molecular formula is C16H15N3O5. The van der Waals surface area contributed by atoms with Crippen LogP contribution in [-0.2, 0) is 4.79 Å². The lowest BCUT2D eigenvalue weighted by atomic mass is 10.3. The number of benzene rings is 2. The monoisotopic (exact) mass is 329 g/mol. The standard InChI is InChI=1S/C16H15N3O5/c1-2-3-16(20)24-15-10-4-12(5-11-15)17-18(21)13-6-8-14(9-7-13)19(22)23/h4-11H,2-3H2,1H3. The molecule has 0 aliphatic carbocycles. The van der Waals surface area contributed by atoms with Gasteiger partial charge in [0.05, 0.1) is 4.92 Å². The summed E-state index contributed by atoms with van der Waals surface area (Å²) in [6.07, 6.45) is 1.03. The molecule has 0 aliphatic rings. The van der Waals surface area contributed by atoms with Crippen molar-refractivity contribution in [2.75, 3.05) is 0 Å². The van der Waals surface area contributed by atoms with Crippen LogP contribution in [0.25, 0.3) is 0 Å². The summed E-state index contributed by atoms with van der Waals surface area (Å²) in [5.41, 5.74) is 0.420. The summed E-state index contributed by atoms with van der Waals surface area (Å²) in [4.78, 5) is 21.8. The molecule has 0 radical (unpaired) electrons. The van der Waals surface area contributed by atoms with Crippen LogP contribution in [0.1, 0.15) is 19.8 Å². The molecule has 0 saturated heterocycles. The van der Waals surface area contributed by atoms with E-state index >= 15 is 0 Å². The van der Waals surface area contributed by atoms with E-state index in [4.69, 9.17) is 4.74 Å². The van der Waals surface area contributed by atoms with Gasteiger partial charge in [-0.2, -0.15) is 0 Å². The Balaban J connectivity index is 2.09. The van der Waals surface area contributed by atoms with E-state index in [2.05, 4.69) is 5.11 Å². The maximum Gasteiger partial charge on any atom is 0.311 e. The van der Waals surface area contributed by atoms with E-state index in [1.165, 1.54) is 48.5 Å². The fraction of sp³-hybridized carbons (Fsp3) is 0.188. The van der Waals surface area contributed by atoms with Crippen molar-refractivity contribution in [3.8, 4) is 5.75 Å². The molecule has 8 nitrogen and oxygen atoms in total. The van der Waals surface area contributed by atoms with Gasteiger partial charge >= 0.3 is 5.97 Å². The Kier molecular flexibility index (Phi) is 5.56. The van der Waals surface area contributed by atoms with Gasteiger partial charge in [-0.05, 0) is 30.7 Å². The average molecular weight is 329 g/mol. The van der Waals surface area contributed by atoms with Gasteiger partial charge in [-0.1, -0.05) is 11.8 Å². The Bertz CT molecular complexity index is 754. The molecular weight excluding hydrogens is 314 g/mol. The van der Waals surface area contributed by atoms with Gasteiger partial charge in [0.1, 0.15) is 11.4 Å². The first-order valence-electron chi connectivity index (χ1n) is 7.23. The lowest BCUT2D eigenvalue weighted by molar-refractivity contribution is -0.435. The number of nitro groups is 1. The second kappa shape index (κ2) is 7.82. The van der Waals surface area contributed by atoms with Crippen LogP contribution < -0.4 is 4.74 Å². The average Bonchev–Trinajstić information content (AvgIpc) is 2.57. The summed E-state index contributed by atoms with van der Waals surface area (Å²) in [6, 6.07) is 11.2. The third kappa shape index (κ3) is 4.60. The van der Waals surface area contributed by atoms with Gasteiger partial charge in [-0.25, -0.2) is 0 Å². The van der Waals surface area contributed by atoms with E-state index in [1.807, 2.05) is 6.92 Å². The number of hydrogen-bond acceptors (Lipinski definition) is 6. The Labute approximate surface area is 137 Å². The number of carbonyl (C=O) groups excluding carboxylic acids is 1. The third-order valence-electron chi connectivity index (χ3n) is 3.01. The fourth-order valence-electron chi connectivity index (χ4n) is 1.83. The maximum absolute atomic E-state index is 11.9. The number of nitrogens with zero attached hydrogens (tertiary/aromatic N) is 3. The van der Waals surface area contributed by atoms with Gasteiger partial charge in [0.25, 0.3) is 5.69 Å². The summed E-state index contributed by atoms with van der Waals surface area (Å²) in [7, 11) is 0. The van der Waals surface area contributed by atoms with Crippen LogP contribution in [0.5, 0.6) is 5.75 Å². The highest BCUT2D eigenvalue weighted by Gasteiger charge is 2.09. The van der Waals surface area contributed by atoms with E-state index in [0.717, 1.165) is 0 Å². The van der Waals surface area contributed by atoms with Crippen molar-refractivity contribution >= 4 is 23.0 Å². The van der Waals surface area contributed by atoms with Crippen LogP contribution in [-0.4, -0.2) is 15.8 Å². The SMILES string of the molecule is CCCC(=O)Oc1ccc(N=[N+]([O-])c2ccc([N+](=O)[O-])cc2)cc1.